The Hall–Kier alpha value is -3.35. The first-order valence-corrected chi connectivity index (χ1v) is 11.8. The maximum Gasteiger partial charge on any atom is 0.407 e. The maximum atomic E-state index is 12.6. The smallest absolute Gasteiger partial charge is 0.407 e. The van der Waals surface area contributed by atoms with Crippen LogP contribution in [0.25, 0.3) is 11.1 Å². The molecule has 3 N–H and O–H groups in total. The number of benzene rings is 2. The highest BCUT2D eigenvalue weighted by Gasteiger charge is 2.33. The molecule has 0 spiro atoms. The maximum absolute atomic E-state index is 12.6. The molecule has 0 heterocycles. The average Bonchev–Trinajstić information content (AvgIpc) is 3.09. The summed E-state index contributed by atoms with van der Waals surface area (Å²) < 4.78 is 5.60. The number of carboxylic acids is 1. The zero-order chi connectivity index (χ0) is 24.9. The van der Waals surface area contributed by atoms with E-state index < -0.39 is 35.5 Å². The van der Waals surface area contributed by atoms with Crippen molar-refractivity contribution in [3.63, 3.8) is 0 Å². The van der Waals surface area contributed by atoms with Crippen LogP contribution in [0.5, 0.6) is 0 Å². The Morgan fingerprint density at radius 3 is 2.03 bits per heavy atom. The van der Waals surface area contributed by atoms with E-state index in [-0.39, 0.29) is 18.9 Å². The lowest BCUT2D eigenvalue weighted by atomic mass is 9.86. The molecule has 34 heavy (non-hydrogen) atoms. The van der Waals surface area contributed by atoms with Crippen molar-refractivity contribution in [3.05, 3.63) is 59.7 Å². The van der Waals surface area contributed by atoms with Crippen LogP contribution in [0.4, 0.5) is 4.79 Å². The summed E-state index contributed by atoms with van der Waals surface area (Å²) in [5.41, 5.74) is 3.92. The molecule has 0 saturated heterocycles. The number of alkyl carbamates (subject to hydrolysis) is 1. The van der Waals surface area contributed by atoms with Gasteiger partial charge in [-0.25, -0.2) is 9.59 Å². The first-order chi connectivity index (χ1) is 16.1. The second-order valence-corrected chi connectivity index (χ2v) is 9.86. The molecule has 182 valence electrons. The molecule has 1 aliphatic rings. The van der Waals surface area contributed by atoms with Gasteiger partial charge in [0.15, 0.2) is 0 Å². The van der Waals surface area contributed by atoms with E-state index in [1.54, 1.807) is 20.8 Å². The van der Waals surface area contributed by atoms with Crippen molar-refractivity contribution in [2.24, 2.45) is 5.41 Å². The van der Waals surface area contributed by atoms with Crippen LogP contribution in [-0.2, 0) is 14.3 Å². The number of carboxylic acid groups (broad SMARTS) is 1. The summed E-state index contributed by atoms with van der Waals surface area (Å²) in [5, 5.41) is 14.8. The molecule has 0 radical (unpaired) electrons. The standard InChI is InChI=1S/C27H34N2O5/c1-5-10-17(15-23(30)29-24(25(31)32)27(2,3)4)28-26(33)34-16-22-20-13-8-6-11-18(20)19-12-7-9-14-21(19)22/h6-9,11-14,17,22,24H,5,10,15-16H2,1-4H3,(H,28,33)(H,29,30)(H,31,32)/t17-,24?/m1/s1. The lowest BCUT2D eigenvalue weighted by Gasteiger charge is -2.28. The molecule has 0 bridgehead atoms. The summed E-state index contributed by atoms with van der Waals surface area (Å²) in [6.07, 6.45) is 0.727. The van der Waals surface area contributed by atoms with Gasteiger partial charge in [-0.2, -0.15) is 0 Å². The number of aliphatic carboxylic acids is 1. The van der Waals surface area contributed by atoms with E-state index in [2.05, 4.69) is 34.9 Å². The van der Waals surface area contributed by atoms with Crippen molar-refractivity contribution in [2.75, 3.05) is 6.61 Å². The summed E-state index contributed by atoms with van der Waals surface area (Å²) in [7, 11) is 0. The highest BCUT2D eigenvalue weighted by atomic mass is 16.5. The minimum Gasteiger partial charge on any atom is -0.480 e. The van der Waals surface area contributed by atoms with Gasteiger partial charge in [-0.1, -0.05) is 82.6 Å². The van der Waals surface area contributed by atoms with Crippen molar-refractivity contribution >= 4 is 18.0 Å². The third-order valence-corrected chi connectivity index (χ3v) is 6.15. The van der Waals surface area contributed by atoms with E-state index in [4.69, 9.17) is 4.74 Å². The monoisotopic (exact) mass is 466 g/mol. The minimum absolute atomic E-state index is 0.0160. The van der Waals surface area contributed by atoms with Crippen LogP contribution in [0.1, 0.15) is 64.0 Å². The number of hydrogen-bond donors (Lipinski definition) is 3. The van der Waals surface area contributed by atoms with Crippen LogP contribution in [0.2, 0.25) is 0 Å². The number of ether oxygens (including phenoxy) is 1. The Morgan fingerprint density at radius 2 is 1.53 bits per heavy atom. The van der Waals surface area contributed by atoms with Crippen LogP contribution in [0.3, 0.4) is 0 Å². The lowest BCUT2D eigenvalue weighted by molar-refractivity contribution is -0.145. The van der Waals surface area contributed by atoms with Crippen molar-refractivity contribution < 1.29 is 24.2 Å². The molecule has 0 fully saturated rings. The van der Waals surface area contributed by atoms with Crippen molar-refractivity contribution in [3.8, 4) is 11.1 Å². The third kappa shape index (κ3) is 5.95. The third-order valence-electron chi connectivity index (χ3n) is 6.15. The molecule has 7 heteroatoms. The summed E-state index contributed by atoms with van der Waals surface area (Å²) in [6, 6.07) is 14.8. The predicted molar refractivity (Wildman–Crippen MR) is 131 cm³/mol. The molecule has 2 atom stereocenters. The molecule has 7 nitrogen and oxygen atoms in total. The van der Waals surface area contributed by atoms with E-state index in [0.29, 0.717) is 6.42 Å². The number of fused-ring (bicyclic) bond motifs is 3. The van der Waals surface area contributed by atoms with Gasteiger partial charge in [0.2, 0.25) is 5.91 Å². The molecule has 0 aliphatic heterocycles. The number of amides is 2. The second kappa shape index (κ2) is 10.7. The Bertz CT molecular complexity index is 998. The highest BCUT2D eigenvalue weighted by Crippen LogP contribution is 2.44. The zero-order valence-electron chi connectivity index (χ0n) is 20.3. The predicted octanol–water partition coefficient (Wildman–Crippen LogP) is 4.70. The first-order valence-electron chi connectivity index (χ1n) is 11.8. The number of carbonyl (C=O) groups excluding carboxylic acids is 2. The van der Waals surface area contributed by atoms with Crippen LogP contribution >= 0.6 is 0 Å². The zero-order valence-corrected chi connectivity index (χ0v) is 20.3. The van der Waals surface area contributed by atoms with Gasteiger partial charge < -0.3 is 20.5 Å². The summed E-state index contributed by atoms with van der Waals surface area (Å²) in [5.74, 6) is -1.55. The molecular weight excluding hydrogens is 432 g/mol. The topological polar surface area (TPSA) is 105 Å². The Labute approximate surface area is 200 Å². The van der Waals surface area contributed by atoms with Gasteiger partial charge >= 0.3 is 12.1 Å². The Morgan fingerprint density at radius 1 is 0.971 bits per heavy atom. The van der Waals surface area contributed by atoms with Gasteiger partial charge in [-0.15, -0.1) is 0 Å². The van der Waals surface area contributed by atoms with Gasteiger partial charge in [0.05, 0.1) is 0 Å². The summed E-state index contributed by atoms with van der Waals surface area (Å²) in [4.78, 5) is 36.7. The van der Waals surface area contributed by atoms with Crippen LogP contribution in [-0.4, -0.2) is 41.8 Å². The number of nitrogens with one attached hydrogen (secondary N) is 2. The van der Waals surface area contributed by atoms with Crippen molar-refractivity contribution in [1.82, 2.24) is 10.6 Å². The van der Waals surface area contributed by atoms with E-state index in [9.17, 15) is 19.5 Å². The summed E-state index contributed by atoms with van der Waals surface area (Å²) >= 11 is 0. The lowest BCUT2D eigenvalue weighted by Crippen LogP contribution is -2.50. The minimum atomic E-state index is -1.09. The number of hydrogen-bond acceptors (Lipinski definition) is 4. The fraction of sp³-hybridized carbons (Fsp3) is 0.444. The molecule has 1 aliphatic carbocycles. The van der Waals surface area contributed by atoms with E-state index >= 15 is 0 Å². The summed E-state index contributed by atoms with van der Waals surface area (Å²) in [6.45, 7) is 7.41. The fourth-order valence-corrected chi connectivity index (χ4v) is 4.47. The second-order valence-electron chi connectivity index (χ2n) is 9.86. The molecule has 3 rings (SSSR count). The van der Waals surface area contributed by atoms with Crippen LogP contribution in [0, 0.1) is 5.41 Å². The normalized spacial score (nSPS) is 14.5. The Balaban J connectivity index is 1.60. The van der Waals surface area contributed by atoms with E-state index in [1.807, 2.05) is 31.2 Å². The fourth-order valence-electron chi connectivity index (χ4n) is 4.47. The Kier molecular flexibility index (Phi) is 7.97. The molecule has 2 aromatic rings. The number of carbonyl (C=O) groups is 3. The van der Waals surface area contributed by atoms with E-state index in [0.717, 1.165) is 28.7 Å². The van der Waals surface area contributed by atoms with Gasteiger partial charge in [0, 0.05) is 18.4 Å². The van der Waals surface area contributed by atoms with Gasteiger partial charge in [-0.3, -0.25) is 4.79 Å². The van der Waals surface area contributed by atoms with Crippen LogP contribution < -0.4 is 10.6 Å². The highest BCUT2D eigenvalue weighted by molar-refractivity contribution is 5.85. The molecule has 0 saturated carbocycles. The molecule has 2 aromatic carbocycles. The number of rotatable bonds is 9. The van der Waals surface area contributed by atoms with E-state index in [1.165, 1.54) is 0 Å². The van der Waals surface area contributed by atoms with Crippen molar-refractivity contribution in [2.45, 2.75) is 65.0 Å². The average molecular weight is 467 g/mol. The van der Waals surface area contributed by atoms with Gasteiger partial charge in [0.1, 0.15) is 12.6 Å². The SMILES string of the molecule is CCC[C@H](CC(=O)NC(C(=O)O)C(C)(C)C)NC(=O)OCC1c2ccccc2-c2ccccc21. The van der Waals surface area contributed by atoms with Crippen LogP contribution in [0.15, 0.2) is 48.5 Å². The first kappa shape index (κ1) is 25.3. The quantitative estimate of drug-likeness (QED) is 0.497. The molecule has 1 unspecified atom stereocenters. The largest absolute Gasteiger partial charge is 0.480 e. The van der Waals surface area contributed by atoms with Crippen molar-refractivity contribution in [1.29, 1.82) is 0 Å². The molecular formula is C27H34N2O5. The molecule has 0 aromatic heterocycles. The van der Waals surface area contributed by atoms with Gasteiger partial charge in [0.25, 0.3) is 0 Å². The molecule has 2 amide bonds. The van der Waals surface area contributed by atoms with Gasteiger partial charge in [-0.05, 0) is 34.1 Å².